The maximum atomic E-state index is 4.76. The van der Waals surface area contributed by atoms with Crippen LogP contribution in [-0.4, -0.2) is 16.2 Å². The molecule has 2 aromatic heterocycles. The summed E-state index contributed by atoms with van der Waals surface area (Å²) >= 11 is 5.24. The molecule has 4 rings (SSSR count). The molecule has 0 aliphatic heterocycles. The number of rotatable bonds is 3. The van der Waals surface area contributed by atoms with Crippen molar-refractivity contribution in [3.05, 3.63) is 28.8 Å². The molecule has 0 bridgehead atoms. The van der Waals surface area contributed by atoms with Gasteiger partial charge in [-0.3, -0.25) is 0 Å². The summed E-state index contributed by atoms with van der Waals surface area (Å²) in [5.41, 5.74) is 2.38. The minimum absolute atomic E-state index is 0.785. The zero-order valence-electron chi connectivity index (χ0n) is 12.5. The van der Waals surface area contributed by atoms with E-state index in [1.807, 2.05) is 0 Å². The predicted octanol–water partition coefficient (Wildman–Crippen LogP) is 5.34. The van der Waals surface area contributed by atoms with Crippen molar-refractivity contribution < 1.29 is 0 Å². The highest BCUT2D eigenvalue weighted by Gasteiger charge is 2.20. The lowest BCUT2D eigenvalue weighted by Gasteiger charge is -2.15. The summed E-state index contributed by atoms with van der Waals surface area (Å²) in [6.07, 6.45) is 5.64. The van der Waals surface area contributed by atoms with Gasteiger partial charge < -0.3 is 5.32 Å². The third-order valence-corrected chi connectivity index (χ3v) is 6.74. The van der Waals surface area contributed by atoms with E-state index in [2.05, 4.69) is 36.7 Å². The summed E-state index contributed by atoms with van der Waals surface area (Å²) in [5, 5.41) is 5.35. The number of para-hydroxylation sites is 1. The molecule has 1 aromatic carbocycles. The van der Waals surface area contributed by atoms with Gasteiger partial charge in [-0.1, -0.05) is 24.3 Å². The fraction of sp³-hybridized carbons (Fsp3) is 0.375. The molecule has 0 saturated heterocycles. The predicted molar refractivity (Wildman–Crippen MR) is 98.0 cm³/mol. The Bertz CT molecular complexity index is 821. The Labute approximate surface area is 142 Å². The van der Waals surface area contributed by atoms with Gasteiger partial charge in [0, 0.05) is 9.77 Å². The first-order valence-electron chi connectivity index (χ1n) is 7.42. The van der Waals surface area contributed by atoms with Crippen LogP contribution in [0.1, 0.15) is 23.9 Å². The molecule has 0 fully saturated rings. The fourth-order valence-corrected chi connectivity index (χ4v) is 5.58. The molecule has 0 spiro atoms. The van der Waals surface area contributed by atoms with Gasteiger partial charge in [-0.25, -0.2) is 9.97 Å². The van der Waals surface area contributed by atoms with Gasteiger partial charge in [-0.2, -0.15) is 0 Å². The van der Waals surface area contributed by atoms with Gasteiger partial charge in [0.1, 0.15) is 0 Å². The molecule has 0 amide bonds. The second kappa shape index (κ2) is 5.83. The Morgan fingerprint density at radius 3 is 2.95 bits per heavy atom. The van der Waals surface area contributed by atoms with Gasteiger partial charge in [0.05, 0.1) is 15.9 Å². The van der Waals surface area contributed by atoms with E-state index in [4.69, 9.17) is 9.97 Å². The number of aryl methyl sites for hydroxylation is 1. The smallest absolute Gasteiger partial charge is 0.190 e. The van der Waals surface area contributed by atoms with Crippen LogP contribution in [0.5, 0.6) is 0 Å². The highest BCUT2D eigenvalue weighted by Crippen LogP contribution is 2.36. The molecular weight excluding hydrogens is 330 g/mol. The molecule has 1 unspecified atom stereocenters. The average molecular weight is 348 g/mol. The summed E-state index contributed by atoms with van der Waals surface area (Å²) in [5.74, 6) is 0.785. The molecule has 114 valence electrons. The quantitative estimate of drug-likeness (QED) is 0.649. The molecule has 3 nitrogen and oxygen atoms in total. The van der Waals surface area contributed by atoms with Gasteiger partial charge in [0.15, 0.2) is 10.3 Å². The monoisotopic (exact) mass is 347 g/mol. The zero-order valence-corrected chi connectivity index (χ0v) is 15.0. The van der Waals surface area contributed by atoms with Crippen molar-refractivity contribution in [2.45, 2.75) is 31.1 Å². The Morgan fingerprint density at radius 1 is 1.23 bits per heavy atom. The van der Waals surface area contributed by atoms with Crippen molar-refractivity contribution in [1.29, 1.82) is 0 Å². The molecule has 6 heteroatoms. The Morgan fingerprint density at radius 2 is 2.09 bits per heavy atom. The molecule has 1 N–H and O–H groups in total. The molecule has 0 saturated carbocycles. The number of nitrogens with one attached hydrogen (secondary N) is 1. The number of aromatic nitrogens is 2. The maximum absolute atomic E-state index is 4.76. The normalized spacial score (nSPS) is 17.6. The van der Waals surface area contributed by atoms with Gasteiger partial charge in [0.2, 0.25) is 0 Å². The van der Waals surface area contributed by atoms with Crippen LogP contribution in [0, 0.1) is 5.92 Å². The van der Waals surface area contributed by atoms with Crippen molar-refractivity contribution in [3.8, 4) is 0 Å². The first kappa shape index (κ1) is 14.5. The van der Waals surface area contributed by atoms with Crippen LogP contribution in [0.2, 0.25) is 0 Å². The lowest BCUT2D eigenvalue weighted by Crippen LogP contribution is -2.09. The standard InChI is InChI=1S/C16H17N3S3/c1-9-6-7-10-13(8-9)22-15(17-10)19-16-18-14-11(20-2)4-3-5-12(14)21-16/h3-5,9H,6-8H2,1-2H3,(H,17,18,19). The minimum Gasteiger partial charge on any atom is -0.307 e. The maximum Gasteiger partial charge on any atom is 0.190 e. The van der Waals surface area contributed by atoms with Crippen LogP contribution in [-0.2, 0) is 12.8 Å². The Hall–Kier alpha value is -1.11. The van der Waals surface area contributed by atoms with Crippen molar-refractivity contribution in [1.82, 2.24) is 9.97 Å². The lowest BCUT2D eigenvalue weighted by atomic mass is 9.93. The van der Waals surface area contributed by atoms with Crippen molar-refractivity contribution in [3.63, 3.8) is 0 Å². The fourth-order valence-electron chi connectivity index (χ4n) is 2.83. The largest absolute Gasteiger partial charge is 0.307 e. The van der Waals surface area contributed by atoms with Crippen molar-refractivity contribution in [2.24, 2.45) is 5.92 Å². The molecule has 3 aromatic rings. The van der Waals surface area contributed by atoms with Gasteiger partial charge >= 0.3 is 0 Å². The number of thiazole rings is 2. The van der Waals surface area contributed by atoms with Crippen LogP contribution in [0.15, 0.2) is 23.1 Å². The molecule has 1 atom stereocenters. The van der Waals surface area contributed by atoms with Crippen LogP contribution in [0.4, 0.5) is 10.3 Å². The first-order valence-corrected chi connectivity index (χ1v) is 10.3. The van der Waals surface area contributed by atoms with Crippen LogP contribution < -0.4 is 5.32 Å². The number of thioether (sulfide) groups is 1. The van der Waals surface area contributed by atoms with Gasteiger partial charge in [-0.05, 0) is 43.6 Å². The van der Waals surface area contributed by atoms with E-state index in [0.717, 1.165) is 28.1 Å². The molecule has 2 heterocycles. The lowest BCUT2D eigenvalue weighted by molar-refractivity contribution is 0.502. The van der Waals surface area contributed by atoms with Crippen LogP contribution in [0.3, 0.4) is 0 Å². The van der Waals surface area contributed by atoms with Crippen LogP contribution >= 0.6 is 34.4 Å². The number of hydrogen-bond acceptors (Lipinski definition) is 6. The van der Waals surface area contributed by atoms with E-state index in [0.29, 0.717) is 0 Å². The second-order valence-electron chi connectivity index (χ2n) is 5.69. The van der Waals surface area contributed by atoms with Gasteiger partial charge in [-0.15, -0.1) is 23.1 Å². The number of fused-ring (bicyclic) bond motifs is 2. The number of nitrogens with zero attached hydrogens (tertiary/aromatic N) is 2. The molecule has 1 aliphatic rings. The van der Waals surface area contributed by atoms with E-state index in [1.165, 1.54) is 33.0 Å². The van der Waals surface area contributed by atoms with Gasteiger partial charge in [0.25, 0.3) is 0 Å². The van der Waals surface area contributed by atoms with Crippen LogP contribution in [0.25, 0.3) is 10.2 Å². The summed E-state index contributed by atoms with van der Waals surface area (Å²) in [6.45, 7) is 2.33. The molecule has 22 heavy (non-hydrogen) atoms. The highest BCUT2D eigenvalue weighted by molar-refractivity contribution is 7.98. The number of benzene rings is 1. The van der Waals surface area contributed by atoms with Crippen molar-refractivity contribution >= 4 is 54.9 Å². The second-order valence-corrected chi connectivity index (χ2v) is 8.65. The van der Waals surface area contributed by atoms with E-state index in [1.54, 1.807) is 34.4 Å². The molecule has 0 radical (unpaired) electrons. The Balaban J connectivity index is 1.64. The summed E-state index contributed by atoms with van der Waals surface area (Å²) < 4.78 is 1.23. The number of anilines is 2. The summed E-state index contributed by atoms with van der Waals surface area (Å²) in [7, 11) is 0. The summed E-state index contributed by atoms with van der Waals surface area (Å²) in [6, 6.07) is 6.35. The number of hydrogen-bond donors (Lipinski definition) is 1. The Kier molecular flexibility index (Phi) is 3.84. The van der Waals surface area contributed by atoms with Crippen molar-refractivity contribution in [2.75, 3.05) is 11.6 Å². The third-order valence-electron chi connectivity index (χ3n) is 4.00. The SMILES string of the molecule is CSc1cccc2sc(Nc3nc4c(s3)CC(C)CC4)nc12. The average Bonchev–Trinajstić information content (AvgIpc) is 3.09. The topological polar surface area (TPSA) is 37.8 Å². The third kappa shape index (κ3) is 2.64. The summed E-state index contributed by atoms with van der Waals surface area (Å²) in [4.78, 5) is 12.2. The first-order chi connectivity index (χ1) is 10.7. The van der Waals surface area contributed by atoms with E-state index in [-0.39, 0.29) is 0 Å². The van der Waals surface area contributed by atoms with E-state index < -0.39 is 0 Å². The zero-order chi connectivity index (χ0) is 15.1. The highest BCUT2D eigenvalue weighted by atomic mass is 32.2. The molecule has 1 aliphatic carbocycles. The minimum atomic E-state index is 0.785. The molecular formula is C16H17N3S3. The van der Waals surface area contributed by atoms with E-state index >= 15 is 0 Å². The van der Waals surface area contributed by atoms with E-state index in [9.17, 15) is 0 Å².